The van der Waals surface area contributed by atoms with Gasteiger partial charge in [-0.2, -0.15) is 0 Å². The van der Waals surface area contributed by atoms with Gasteiger partial charge in [0, 0.05) is 16.1 Å². The summed E-state index contributed by atoms with van der Waals surface area (Å²) in [7, 11) is 0. The van der Waals surface area contributed by atoms with E-state index in [9.17, 15) is 9.90 Å². The second kappa shape index (κ2) is 4.58. The molecule has 1 aromatic heterocycles. The third-order valence-corrected chi connectivity index (χ3v) is 3.22. The van der Waals surface area contributed by atoms with Crippen LogP contribution < -0.4 is 0 Å². The quantitative estimate of drug-likeness (QED) is 0.890. The molecule has 0 atom stereocenters. The largest absolute Gasteiger partial charge is 0.478 e. The Hall–Kier alpha value is -1.61. The second-order valence-electron chi connectivity index (χ2n) is 4.62. The van der Waals surface area contributed by atoms with Crippen LogP contribution in [0, 0.1) is 6.92 Å². The summed E-state index contributed by atoms with van der Waals surface area (Å²) in [5.74, 6) is -0.757. The lowest BCUT2D eigenvalue weighted by Crippen LogP contribution is -2.07. The first kappa shape index (κ1) is 12.8. The minimum atomic E-state index is -0.941. The van der Waals surface area contributed by atoms with Gasteiger partial charge in [-0.05, 0) is 36.6 Å². The number of hydrogen-bond acceptors (Lipinski definition) is 2. The monoisotopic (exact) mass is 263 g/mol. The summed E-state index contributed by atoms with van der Waals surface area (Å²) in [5.41, 5.74) is 2.51. The van der Waals surface area contributed by atoms with E-state index in [1.54, 1.807) is 25.1 Å². The van der Waals surface area contributed by atoms with E-state index in [1.807, 2.05) is 13.8 Å². The van der Waals surface area contributed by atoms with Crippen molar-refractivity contribution < 1.29 is 9.90 Å². The molecule has 0 aliphatic carbocycles. The fourth-order valence-electron chi connectivity index (χ4n) is 2.19. The summed E-state index contributed by atoms with van der Waals surface area (Å²) in [6, 6.07) is 5.14. The molecule has 0 aliphatic rings. The maximum Gasteiger partial charge on any atom is 0.336 e. The fourth-order valence-corrected chi connectivity index (χ4v) is 2.36. The first-order valence-corrected chi connectivity index (χ1v) is 6.12. The highest BCUT2D eigenvalue weighted by molar-refractivity contribution is 6.31. The number of aromatic nitrogens is 1. The number of carboxylic acids is 1. The molecular weight excluding hydrogens is 250 g/mol. The van der Waals surface area contributed by atoms with Crippen LogP contribution in [0.2, 0.25) is 5.02 Å². The van der Waals surface area contributed by atoms with Crippen LogP contribution >= 0.6 is 11.6 Å². The van der Waals surface area contributed by atoms with Crippen LogP contribution in [-0.2, 0) is 0 Å². The lowest BCUT2D eigenvalue weighted by atomic mass is 9.96. The topological polar surface area (TPSA) is 50.2 Å². The van der Waals surface area contributed by atoms with Gasteiger partial charge in [0.25, 0.3) is 0 Å². The molecule has 0 aliphatic heterocycles. The lowest BCUT2D eigenvalue weighted by Gasteiger charge is -2.14. The maximum atomic E-state index is 11.5. The van der Waals surface area contributed by atoms with Crippen molar-refractivity contribution in [3.63, 3.8) is 0 Å². The number of fused-ring (bicyclic) bond motifs is 1. The summed E-state index contributed by atoms with van der Waals surface area (Å²) in [5, 5.41) is 10.5. The summed E-state index contributed by atoms with van der Waals surface area (Å²) in [6.45, 7) is 5.80. The molecule has 0 bridgehead atoms. The number of rotatable bonds is 2. The summed E-state index contributed by atoms with van der Waals surface area (Å²) in [6.07, 6.45) is 0. The molecule has 0 unspecified atom stereocenters. The van der Waals surface area contributed by atoms with E-state index in [4.69, 9.17) is 11.6 Å². The van der Waals surface area contributed by atoms with Crippen molar-refractivity contribution in [1.29, 1.82) is 0 Å². The third-order valence-electron chi connectivity index (χ3n) is 2.99. The molecule has 1 N–H and O–H groups in total. The van der Waals surface area contributed by atoms with Gasteiger partial charge in [-0.25, -0.2) is 4.79 Å². The molecule has 0 saturated heterocycles. The Kier molecular flexibility index (Phi) is 3.26. The number of halogens is 1. The predicted octanol–water partition coefficient (Wildman–Crippen LogP) is 4.02. The van der Waals surface area contributed by atoms with Crippen LogP contribution in [0.4, 0.5) is 0 Å². The van der Waals surface area contributed by atoms with E-state index in [0.717, 1.165) is 5.69 Å². The Morgan fingerprint density at radius 2 is 2.06 bits per heavy atom. The molecule has 4 heteroatoms. The number of aromatic carboxylic acids is 1. The Labute approximate surface area is 110 Å². The molecule has 94 valence electrons. The molecule has 1 aromatic carbocycles. The van der Waals surface area contributed by atoms with Crippen LogP contribution in [-0.4, -0.2) is 16.1 Å². The van der Waals surface area contributed by atoms with E-state index in [2.05, 4.69) is 4.98 Å². The van der Waals surface area contributed by atoms with Gasteiger partial charge in [0.2, 0.25) is 0 Å². The molecule has 0 saturated carbocycles. The smallest absolute Gasteiger partial charge is 0.336 e. The number of carbonyl (C=O) groups is 1. The SMILES string of the molecule is Cc1c(C(C)C)nc2ccc(Cl)cc2c1C(=O)O. The van der Waals surface area contributed by atoms with Gasteiger partial charge in [0.15, 0.2) is 0 Å². The highest BCUT2D eigenvalue weighted by Crippen LogP contribution is 2.29. The van der Waals surface area contributed by atoms with Gasteiger partial charge in [-0.3, -0.25) is 4.98 Å². The van der Waals surface area contributed by atoms with Gasteiger partial charge >= 0.3 is 5.97 Å². The Balaban J connectivity index is 2.92. The zero-order valence-corrected chi connectivity index (χ0v) is 11.2. The van der Waals surface area contributed by atoms with Crippen LogP contribution in [0.3, 0.4) is 0 Å². The predicted molar refractivity (Wildman–Crippen MR) is 72.5 cm³/mol. The van der Waals surface area contributed by atoms with Crippen molar-refractivity contribution in [3.8, 4) is 0 Å². The summed E-state index contributed by atoms with van der Waals surface area (Å²) < 4.78 is 0. The number of hydrogen-bond donors (Lipinski definition) is 1. The molecule has 3 nitrogen and oxygen atoms in total. The van der Waals surface area contributed by atoms with Crippen LogP contribution in [0.25, 0.3) is 10.9 Å². The van der Waals surface area contributed by atoms with Gasteiger partial charge in [0.05, 0.1) is 11.1 Å². The Morgan fingerprint density at radius 3 is 2.61 bits per heavy atom. The van der Waals surface area contributed by atoms with Gasteiger partial charge in [-0.15, -0.1) is 0 Å². The highest BCUT2D eigenvalue weighted by Gasteiger charge is 2.18. The number of nitrogens with zero attached hydrogens (tertiary/aromatic N) is 1. The molecule has 18 heavy (non-hydrogen) atoms. The first-order valence-electron chi connectivity index (χ1n) is 5.75. The fraction of sp³-hybridized carbons (Fsp3) is 0.286. The maximum absolute atomic E-state index is 11.5. The van der Waals surface area contributed by atoms with Crippen molar-refractivity contribution in [1.82, 2.24) is 4.98 Å². The minimum absolute atomic E-state index is 0.183. The van der Waals surface area contributed by atoms with E-state index >= 15 is 0 Å². The van der Waals surface area contributed by atoms with Crippen molar-refractivity contribution in [2.45, 2.75) is 26.7 Å². The molecule has 0 radical (unpaired) electrons. The molecule has 1 heterocycles. The molecular formula is C14H14ClNO2. The summed E-state index contributed by atoms with van der Waals surface area (Å²) in [4.78, 5) is 16.0. The van der Waals surface area contributed by atoms with Crippen molar-refractivity contribution in [2.75, 3.05) is 0 Å². The molecule has 2 aromatic rings. The van der Waals surface area contributed by atoms with E-state index < -0.39 is 5.97 Å². The van der Waals surface area contributed by atoms with E-state index in [1.165, 1.54) is 0 Å². The number of pyridine rings is 1. The minimum Gasteiger partial charge on any atom is -0.478 e. The first-order chi connectivity index (χ1) is 8.41. The number of benzene rings is 1. The van der Waals surface area contributed by atoms with Crippen LogP contribution in [0.5, 0.6) is 0 Å². The average molecular weight is 264 g/mol. The molecule has 0 amide bonds. The average Bonchev–Trinajstić information content (AvgIpc) is 2.26. The zero-order chi connectivity index (χ0) is 13.4. The van der Waals surface area contributed by atoms with Crippen molar-refractivity contribution in [3.05, 3.63) is 40.0 Å². The van der Waals surface area contributed by atoms with Gasteiger partial charge in [0.1, 0.15) is 0 Å². The van der Waals surface area contributed by atoms with Crippen molar-refractivity contribution >= 4 is 28.5 Å². The molecule has 2 rings (SSSR count). The zero-order valence-electron chi connectivity index (χ0n) is 10.5. The lowest BCUT2D eigenvalue weighted by molar-refractivity contribution is 0.0698. The molecule has 0 spiro atoms. The number of carboxylic acid groups (broad SMARTS) is 1. The van der Waals surface area contributed by atoms with Gasteiger partial charge < -0.3 is 5.11 Å². The van der Waals surface area contributed by atoms with Crippen molar-refractivity contribution in [2.24, 2.45) is 0 Å². The standard InChI is InChI=1S/C14H14ClNO2/c1-7(2)13-8(3)12(14(17)18)10-6-9(15)4-5-11(10)16-13/h4-7H,1-3H3,(H,17,18). The van der Waals surface area contributed by atoms with E-state index in [-0.39, 0.29) is 5.92 Å². The Bertz CT molecular complexity index is 635. The highest BCUT2D eigenvalue weighted by atomic mass is 35.5. The third kappa shape index (κ3) is 2.06. The molecule has 0 fully saturated rings. The second-order valence-corrected chi connectivity index (χ2v) is 5.05. The van der Waals surface area contributed by atoms with E-state index in [0.29, 0.717) is 27.1 Å². The van der Waals surface area contributed by atoms with Crippen LogP contribution in [0.15, 0.2) is 18.2 Å². The summed E-state index contributed by atoms with van der Waals surface area (Å²) >= 11 is 5.93. The van der Waals surface area contributed by atoms with Gasteiger partial charge in [-0.1, -0.05) is 25.4 Å². The normalized spacial score (nSPS) is 11.2. The Morgan fingerprint density at radius 1 is 1.39 bits per heavy atom. The van der Waals surface area contributed by atoms with Crippen LogP contribution in [0.1, 0.15) is 41.4 Å².